The molecule has 2 heterocycles. The fraction of sp³-hybridized carbons (Fsp3) is 0.955. The summed E-state index contributed by atoms with van der Waals surface area (Å²) in [6.07, 6.45) is -7.73. The van der Waals surface area contributed by atoms with Crippen LogP contribution in [0.5, 0.6) is 0 Å². The van der Waals surface area contributed by atoms with Crippen molar-refractivity contribution < 1.29 is 52.7 Å². The zero-order valence-corrected chi connectivity index (χ0v) is 22.2. The summed E-state index contributed by atoms with van der Waals surface area (Å²) in [4.78, 5) is 11.5. The molecular weight excluding hydrogens is 471 g/mol. The van der Waals surface area contributed by atoms with Crippen LogP contribution in [0.3, 0.4) is 0 Å². The highest BCUT2D eigenvalue weighted by molar-refractivity contribution is 7.54. The maximum absolute atomic E-state index is 13.5. The van der Waals surface area contributed by atoms with E-state index in [0.29, 0.717) is 0 Å². The minimum atomic E-state index is -4.27. The molecule has 9 atom stereocenters. The number of hydrogen-bond acceptors (Lipinski definition) is 10. The molecule has 2 rings (SSSR count). The third-order valence-corrected chi connectivity index (χ3v) is 7.13. The molecule has 0 spiro atoms. The predicted octanol–water partition coefficient (Wildman–Crippen LogP) is 1.96. The molecule has 3 unspecified atom stereocenters. The van der Waals surface area contributed by atoms with Gasteiger partial charge in [0.1, 0.15) is 42.8 Å². The lowest BCUT2D eigenvalue weighted by Crippen LogP contribution is -2.42. The second-order valence-corrected chi connectivity index (χ2v) is 12.9. The molecule has 2 saturated heterocycles. The number of aliphatic hydroxyl groups excluding tert-OH is 2. The van der Waals surface area contributed by atoms with Crippen LogP contribution in [0.1, 0.15) is 55.4 Å². The van der Waals surface area contributed by atoms with E-state index in [9.17, 15) is 24.7 Å². The average Bonchev–Trinajstić information content (AvgIpc) is 3.07. The molecule has 2 fully saturated rings. The fourth-order valence-electron chi connectivity index (χ4n) is 3.78. The van der Waals surface area contributed by atoms with Gasteiger partial charge in [0.2, 0.25) is 0 Å². The molecule has 0 radical (unpaired) electrons. The van der Waals surface area contributed by atoms with Crippen LogP contribution in [-0.2, 0) is 37.4 Å². The van der Waals surface area contributed by atoms with E-state index in [-0.39, 0.29) is 13.2 Å². The smallest absolute Gasteiger partial charge is 0.342 e. The minimum absolute atomic E-state index is 0.0412. The third-order valence-electron chi connectivity index (χ3n) is 5.36. The summed E-state index contributed by atoms with van der Waals surface area (Å²) in [5.74, 6) is -1.39. The van der Waals surface area contributed by atoms with E-state index < -0.39 is 79.8 Å². The van der Waals surface area contributed by atoms with Crippen LogP contribution >= 0.6 is 7.60 Å². The number of carboxylic acid groups (broad SMARTS) is 1. The van der Waals surface area contributed by atoms with Crippen molar-refractivity contribution in [2.24, 2.45) is 0 Å². The monoisotopic (exact) mass is 512 g/mol. The maximum Gasteiger partial charge on any atom is 0.342 e. The molecule has 0 amide bonds. The van der Waals surface area contributed by atoms with E-state index in [2.05, 4.69) is 0 Å². The van der Waals surface area contributed by atoms with Crippen LogP contribution < -0.4 is 0 Å². The van der Waals surface area contributed by atoms with Crippen LogP contribution in [0.2, 0.25) is 0 Å². The van der Waals surface area contributed by atoms with Gasteiger partial charge >= 0.3 is 13.6 Å². The van der Waals surface area contributed by atoms with Crippen LogP contribution in [0.15, 0.2) is 0 Å². The number of hydrogen-bond donors (Lipinski definition) is 3. The van der Waals surface area contributed by atoms with Crippen molar-refractivity contribution in [3.63, 3.8) is 0 Å². The molecule has 200 valence electrons. The minimum Gasteiger partial charge on any atom is -0.481 e. The van der Waals surface area contributed by atoms with Gasteiger partial charge in [-0.25, -0.2) is 0 Å². The Morgan fingerprint density at radius 3 is 1.85 bits per heavy atom. The second kappa shape index (κ2) is 11.2. The first-order valence-corrected chi connectivity index (χ1v) is 13.3. The number of carboxylic acids is 1. The van der Waals surface area contributed by atoms with Gasteiger partial charge in [0.25, 0.3) is 0 Å². The molecular formula is C22H41O11P. The summed E-state index contributed by atoms with van der Waals surface area (Å²) in [7, 11) is -4.27. The first kappa shape index (κ1) is 29.6. The Morgan fingerprint density at radius 1 is 0.882 bits per heavy atom. The first-order chi connectivity index (χ1) is 15.4. The molecule has 11 nitrogen and oxygen atoms in total. The van der Waals surface area contributed by atoms with Crippen molar-refractivity contribution in [3.8, 4) is 0 Å². The quantitative estimate of drug-likeness (QED) is 0.369. The average molecular weight is 513 g/mol. The molecule has 2 aliphatic rings. The SMILES string of the molecule is C[C@@H]1O[C@H](COP(=O)(CC(=O)O)O[C@@H]2C(O)[C@H](C)O[C@@H]2COC(C)(C)C)[C@H](OC(C)(C)C)C1O. The Labute approximate surface area is 201 Å². The van der Waals surface area contributed by atoms with Crippen LogP contribution in [0, 0.1) is 0 Å². The topological polar surface area (TPSA) is 150 Å². The Hall–Kier alpha value is -0.620. The van der Waals surface area contributed by atoms with Crippen molar-refractivity contribution in [1.29, 1.82) is 0 Å². The lowest BCUT2D eigenvalue weighted by Gasteiger charge is -2.31. The highest BCUT2D eigenvalue weighted by atomic mass is 31.2. The number of aliphatic hydroxyl groups is 2. The molecule has 12 heteroatoms. The van der Waals surface area contributed by atoms with E-state index in [4.69, 9.17) is 28.0 Å². The fourth-order valence-corrected chi connectivity index (χ4v) is 5.34. The normalized spacial score (nSPS) is 36.5. The second-order valence-electron chi connectivity index (χ2n) is 10.9. The van der Waals surface area contributed by atoms with E-state index in [1.807, 2.05) is 41.5 Å². The molecule has 34 heavy (non-hydrogen) atoms. The standard InChI is InChI=1S/C22H41O11P/c1-12-17(25)19(32-22(6,7)8)15(31-12)10-29-34(27,11-16(23)24)33-20-14(9-28-21(3,4)5)30-13(2)18(20)26/h12-15,17-20,25-26H,9-11H2,1-8H3,(H,23,24)/t12-,13-,14+,15+,17?,18?,19-,20-,34?/m0/s1. The van der Waals surface area contributed by atoms with E-state index in [1.165, 1.54) is 0 Å². The first-order valence-electron chi connectivity index (χ1n) is 11.5. The third kappa shape index (κ3) is 8.50. The largest absolute Gasteiger partial charge is 0.481 e. The number of ether oxygens (including phenoxy) is 4. The van der Waals surface area contributed by atoms with E-state index in [0.717, 1.165) is 0 Å². The summed E-state index contributed by atoms with van der Waals surface area (Å²) in [5.41, 5.74) is -1.09. The van der Waals surface area contributed by atoms with Crippen LogP contribution in [-0.4, -0.2) is 101 Å². The summed E-state index contributed by atoms with van der Waals surface area (Å²) in [6, 6.07) is 0. The number of rotatable bonds is 10. The molecule has 0 saturated carbocycles. The van der Waals surface area contributed by atoms with Gasteiger partial charge in [-0.15, -0.1) is 0 Å². The van der Waals surface area contributed by atoms with E-state index >= 15 is 0 Å². The molecule has 3 N–H and O–H groups in total. The van der Waals surface area contributed by atoms with Crippen molar-refractivity contribution in [1.82, 2.24) is 0 Å². The lowest BCUT2D eigenvalue weighted by molar-refractivity contribution is -0.134. The maximum atomic E-state index is 13.5. The lowest BCUT2D eigenvalue weighted by atomic mass is 10.1. The molecule has 0 aromatic heterocycles. The molecule has 2 aliphatic heterocycles. The van der Waals surface area contributed by atoms with E-state index in [1.54, 1.807) is 13.8 Å². The van der Waals surface area contributed by atoms with Gasteiger partial charge in [0.05, 0.1) is 36.6 Å². The van der Waals surface area contributed by atoms with Crippen LogP contribution in [0.4, 0.5) is 0 Å². The number of aliphatic carboxylic acids is 1. The predicted molar refractivity (Wildman–Crippen MR) is 122 cm³/mol. The molecule has 0 aromatic rings. The highest BCUT2D eigenvalue weighted by Crippen LogP contribution is 2.52. The Kier molecular flexibility index (Phi) is 9.74. The van der Waals surface area contributed by atoms with Crippen molar-refractivity contribution >= 4 is 13.6 Å². The molecule has 0 aromatic carbocycles. The Bertz CT molecular complexity index is 731. The number of carbonyl (C=O) groups is 1. The van der Waals surface area contributed by atoms with Gasteiger partial charge in [-0.1, -0.05) is 0 Å². The van der Waals surface area contributed by atoms with Crippen LogP contribution in [0.25, 0.3) is 0 Å². The van der Waals surface area contributed by atoms with Crippen molar-refractivity contribution in [2.45, 2.75) is 115 Å². The van der Waals surface area contributed by atoms with Gasteiger partial charge < -0.3 is 38.8 Å². The Morgan fingerprint density at radius 2 is 1.38 bits per heavy atom. The highest BCUT2D eigenvalue weighted by Gasteiger charge is 2.49. The summed E-state index contributed by atoms with van der Waals surface area (Å²) >= 11 is 0. The summed E-state index contributed by atoms with van der Waals surface area (Å²) in [5, 5.41) is 30.4. The van der Waals surface area contributed by atoms with Gasteiger partial charge in [0, 0.05) is 0 Å². The zero-order chi connectivity index (χ0) is 26.1. The van der Waals surface area contributed by atoms with Gasteiger partial charge in [0.15, 0.2) is 0 Å². The van der Waals surface area contributed by atoms with Crippen molar-refractivity contribution in [2.75, 3.05) is 19.4 Å². The van der Waals surface area contributed by atoms with Gasteiger partial charge in [-0.05, 0) is 55.4 Å². The zero-order valence-electron chi connectivity index (χ0n) is 21.3. The van der Waals surface area contributed by atoms with Gasteiger partial charge in [-0.2, -0.15) is 0 Å². The van der Waals surface area contributed by atoms with Crippen molar-refractivity contribution in [3.05, 3.63) is 0 Å². The summed E-state index contributed by atoms with van der Waals surface area (Å²) < 4.78 is 47.8. The van der Waals surface area contributed by atoms with Gasteiger partial charge in [-0.3, -0.25) is 13.9 Å². The molecule has 0 bridgehead atoms. The molecule has 0 aliphatic carbocycles. The Balaban J connectivity index is 2.16. The summed E-state index contributed by atoms with van der Waals surface area (Å²) in [6.45, 7) is 14.0.